The van der Waals surface area contributed by atoms with Gasteiger partial charge in [-0.1, -0.05) is 13.3 Å². The summed E-state index contributed by atoms with van der Waals surface area (Å²) in [6.07, 6.45) is 6.58. The summed E-state index contributed by atoms with van der Waals surface area (Å²) in [5.41, 5.74) is 0.352. The van der Waals surface area contributed by atoms with E-state index < -0.39 is 23.6 Å². The molecule has 2 saturated carbocycles. The van der Waals surface area contributed by atoms with Gasteiger partial charge in [-0.2, -0.15) is 9.61 Å². The third kappa shape index (κ3) is 5.50. The number of pyridine rings is 1. The normalized spacial score (nSPS) is 21.2. The molecule has 3 aromatic heterocycles. The Bertz CT molecular complexity index is 1360. The second kappa shape index (κ2) is 10.7. The number of aliphatic hydroxyl groups is 1. The van der Waals surface area contributed by atoms with Crippen molar-refractivity contribution in [1.82, 2.24) is 24.5 Å². The van der Waals surface area contributed by atoms with Crippen LogP contribution in [-0.2, 0) is 0 Å². The molecule has 2 aliphatic rings. The molecule has 0 aromatic carbocycles. The van der Waals surface area contributed by atoms with Crippen LogP contribution in [0, 0.1) is 0 Å². The zero-order valence-corrected chi connectivity index (χ0v) is 21.3. The Labute approximate surface area is 218 Å². The van der Waals surface area contributed by atoms with Gasteiger partial charge in [0.05, 0.1) is 12.3 Å². The minimum atomic E-state index is -2.74. The zero-order chi connectivity index (χ0) is 26.9. The van der Waals surface area contributed by atoms with E-state index in [-0.39, 0.29) is 36.0 Å². The molecule has 0 radical (unpaired) electrons. The molecule has 5 rings (SSSR count). The Kier molecular flexibility index (Phi) is 7.33. The number of halogens is 2. The van der Waals surface area contributed by atoms with Crippen LogP contribution in [0.15, 0.2) is 35.4 Å². The van der Waals surface area contributed by atoms with Gasteiger partial charge >= 0.3 is 0 Å². The molecule has 2 fully saturated rings. The van der Waals surface area contributed by atoms with Gasteiger partial charge in [-0.15, -0.1) is 0 Å². The highest BCUT2D eigenvalue weighted by molar-refractivity contribution is 6.00. The lowest BCUT2D eigenvalue weighted by atomic mass is 9.88. The van der Waals surface area contributed by atoms with Crippen LogP contribution >= 0.6 is 0 Å². The van der Waals surface area contributed by atoms with E-state index in [1.54, 1.807) is 22.7 Å². The molecule has 38 heavy (non-hydrogen) atoms. The number of carbonyl (C=O) groups excluding carboxylic acids is 1. The molecule has 2 aliphatic carbocycles. The number of anilines is 3. The van der Waals surface area contributed by atoms with Crippen LogP contribution in [0.5, 0.6) is 0 Å². The first kappa shape index (κ1) is 26.1. The smallest absolute Gasteiger partial charge is 0.274 e. The second-order valence-electron chi connectivity index (χ2n) is 10.3. The Morgan fingerprint density at radius 3 is 2.84 bits per heavy atom. The fourth-order valence-corrected chi connectivity index (χ4v) is 5.12. The number of alkyl halides is 2. The van der Waals surface area contributed by atoms with Crippen LogP contribution in [0.25, 0.3) is 5.65 Å². The molecule has 0 saturated heterocycles. The molecule has 204 valence electrons. The molecule has 4 N–H and O–H groups in total. The first-order valence-corrected chi connectivity index (χ1v) is 13.2. The fourth-order valence-electron chi connectivity index (χ4n) is 5.12. The average Bonchev–Trinajstić information content (AvgIpc) is 3.28. The van der Waals surface area contributed by atoms with E-state index >= 15 is 0 Å². The first-order chi connectivity index (χ1) is 18.2. The maximum absolute atomic E-state index is 13.4. The third-order valence-corrected chi connectivity index (χ3v) is 7.23. The van der Waals surface area contributed by atoms with Crippen LogP contribution in [0.1, 0.15) is 74.7 Å². The Hall–Kier alpha value is -3.54. The van der Waals surface area contributed by atoms with Gasteiger partial charge in [0.1, 0.15) is 22.9 Å². The van der Waals surface area contributed by atoms with Gasteiger partial charge in [-0.25, -0.2) is 13.8 Å². The van der Waals surface area contributed by atoms with E-state index in [0.29, 0.717) is 30.2 Å². The molecule has 0 spiro atoms. The highest BCUT2D eigenvalue weighted by Gasteiger charge is 2.46. The van der Waals surface area contributed by atoms with Crippen molar-refractivity contribution in [3.63, 3.8) is 0 Å². The summed E-state index contributed by atoms with van der Waals surface area (Å²) < 4.78 is 29.7. The highest BCUT2D eigenvalue weighted by Crippen LogP contribution is 2.44. The predicted molar refractivity (Wildman–Crippen MR) is 139 cm³/mol. The van der Waals surface area contributed by atoms with Gasteiger partial charge in [0.25, 0.3) is 17.4 Å². The van der Waals surface area contributed by atoms with Crippen molar-refractivity contribution in [1.29, 1.82) is 0 Å². The van der Waals surface area contributed by atoms with Crippen LogP contribution in [-0.4, -0.2) is 54.8 Å². The number of aromatic nitrogens is 4. The fraction of sp³-hybridized carbons (Fsp3) is 0.538. The SMILES string of the molecule is CCCCNc1cc(Nc2cccn(C3CC(F)(F)C3)c2=O)nc2c(C(=O)N[C@@H]3CCC[C@@H](O)C3)cnn12. The van der Waals surface area contributed by atoms with Crippen molar-refractivity contribution >= 4 is 28.9 Å². The summed E-state index contributed by atoms with van der Waals surface area (Å²) in [4.78, 5) is 30.8. The Morgan fingerprint density at radius 1 is 1.29 bits per heavy atom. The minimum Gasteiger partial charge on any atom is -0.393 e. The maximum Gasteiger partial charge on any atom is 0.274 e. The summed E-state index contributed by atoms with van der Waals surface area (Å²) in [6, 6.07) is 4.22. The van der Waals surface area contributed by atoms with Crippen LogP contribution in [0.4, 0.5) is 26.1 Å². The van der Waals surface area contributed by atoms with Crippen molar-refractivity contribution in [3.8, 4) is 0 Å². The average molecular weight is 530 g/mol. The molecular weight excluding hydrogens is 496 g/mol. The van der Waals surface area contributed by atoms with Crippen molar-refractivity contribution in [2.45, 2.75) is 82.4 Å². The second-order valence-corrected chi connectivity index (χ2v) is 10.3. The number of rotatable bonds is 9. The molecule has 0 unspecified atom stereocenters. The van der Waals surface area contributed by atoms with Crippen LogP contribution in [0.2, 0.25) is 0 Å². The van der Waals surface area contributed by atoms with Crippen molar-refractivity contribution in [2.75, 3.05) is 17.2 Å². The lowest BCUT2D eigenvalue weighted by molar-refractivity contribution is -0.104. The molecule has 12 heteroatoms. The number of carbonyl (C=O) groups is 1. The number of nitrogens with one attached hydrogen (secondary N) is 3. The van der Waals surface area contributed by atoms with Crippen LogP contribution < -0.4 is 21.5 Å². The van der Waals surface area contributed by atoms with E-state index in [4.69, 9.17) is 0 Å². The molecule has 3 heterocycles. The third-order valence-electron chi connectivity index (χ3n) is 7.23. The molecule has 1 amide bonds. The van der Waals surface area contributed by atoms with Gasteiger partial charge in [-0.05, 0) is 44.2 Å². The number of amides is 1. The number of nitrogens with zero attached hydrogens (tertiary/aromatic N) is 4. The van der Waals surface area contributed by atoms with Crippen molar-refractivity contribution in [3.05, 3.63) is 46.5 Å². The topological polar surface area (TPSA) is 126 Å². The number of fused-ring (bicyclic) bond motifs is 1. The maximum atomic E-state index is 13.4. The van der Waals surface area contributed by atoms with Gasteiger partial charge in [0, 0.05) is 43.7 Å². The lowest BCUT2D eigenvalue weighted by Gasteiger charge is -2.36. The van der Waals surface area contributed by atoms with E-state index in [9.17, 15) is 23.5 Å². The number of hydrogen-bond donors (Lipinski definition) is 4. The molecule has 0 bridgehead atoms. The molecular formula is C26H33F2N7O3. The van der Waals surface area contributed by atoms with Crippen molar-refractivity contribution in [2.24, 2.45) is 0 Å². The van der Waals surface area contributed by atoms with Gasteiger partial charge < -0.3 is 25.6 Å². The van der Waals surface area contributed by atoms with Crippen molar-refractivity contribution < 1.29 is 18.7 Å². The number of aliphatic hydroxyl groups excluding tert-OH is 1. The highest BCUT2D eigenvalue weighted by atomic mass is 19.3. The van der Waals surface area contributed by atoms with E-state index in [0.717, 1.165) is 32.1 Å². The zero-order valence-electron chi connectivity index (χ0n) is 21.3. The van der Waals surface area contributed by atoms with Gasteiger partial charge in [-0.3, -0.25) is 9.59 Å². The van der Waals surface area contributed by atoms with E-state index in [1.807, 2.05) is 0 Å². The Balaban J connectivity index is 1.44. The van der Waals surface area contributed by atoms with Gasteiger partial charge in [0.15, 0.2) is 5.65 Å². The summed E-state index contributed by atoms with van der Waals surface area (Å²) in [5.74, 6) is -2.18. The van der Waals surface area contributed by atoms with Crippen LogP contribution in [0.3, 0.4) is 0 Å². The lowest BCUT2D eigenvalue weighted by Crippen LogP contribution is -2.41. The largest absolute Gasteiger partial charge is 0.393 e. The molecule has 10 nitrogen and oxygen atoms in total. The first-order valence-electron chi connectivity index (χ1n) is 13.2. The number of unbranched alkanes of at least 4 members (excludes halogenated alkanes) is 1. The van der Waals surface area contributed by atoms with Gasteiger partial charge in [0.2, 0.25) is 0 Å². The van der Waals surface area contributed by atoms with E-state index in [1.165, 1.54) is 17.0 Å². The standard InChI is InChI=1S/C26H33F2N7O3/c1-2-3-9-29-22-12-21(32-20-8-5-10-34(25(20)38)17-13-26(27,28)14-17)33-23-19(15-30-35(22)23)24(37)31-16-6-4-7-18(36)11-16/h5,8,10,12,15-18,29,36H,2-4,6-7,9,11,13-14H2,1H3,(H,31,37)(H,32,33)/t16-,18-/m1/s1. The number of hydrogen-bond acceptors (Lipinski definition) is 7. The monoisotopic (exact) mass is 529 g/mol. The summed E-state index contributed by atoms with van der Waals surface area (Å²) >= 11 is 0. The molecule has 2 atom stereocenters. The Morgan fingerprint density at radius 2 is 2.11 bits per heavy atom. The summed E-state index contributed by atoms with van der Waals surface area (Å²) in [6.45, 7) is 2.75. The summed E-state index contributed by atoms with van der Waals surface area (Å²) in [7, 11) is 0. The minimum absolute atomic E-state index is 0.133. The molecule has 0 aliphatic heterocycles. The molecule has 3 aromatic rings. The quantitative estimate of drug-likeness (QED) is 0.310. The predicted octanol–water partition coefficient (Wildman–Crippen LogP) is 3.85. The summed E-state index contributed by atoms with van der Waals surface area (Å²) in [5, 5.41) is 23.7. The van der Waals surface area contributed by atoms with E-state index in [2.05, 4.69) is 33.0 Å².